The molecule has 0 atom stereocenters. The fourth-order valence-electron chi connectivity index (χ4n) is 1.19. The van der Waals surface area contributed by atoms with Gasteiger partial charge in [0.15, 0.2) is 0 Å². The number of unbranched alkanes of at least 4 members (excludes halogenated alkanes) is 1. The fourth-order valence-corrected chi connectivity index (χ4v) is 1.70. The van der Waals surface area contributed by atoms with Crippen molar-refractivity contribution in [3.63, 3.8) is 0 Å². The van der Waals surface area contributed by atoms with E-state index in [0.29, 0.717) is 18.0 Å². The minimum atomic E-state index is 0.636. The largest absolute Gasteiger partial charge is 0.491 e. The van der Waals surface area contributed by atoms with Crippen molar-refractivity contribution in [2.75, 3.05) is 6.61 Å². The summed E-state index contributed by atoms with van der Waals surface area (Å²) in [6.07, 6.45) is 2.05. The lowest BCUT2D eigenvalue weighted by atomic mass is 10.3. The molecule has 1 aromatic carbocycles. The average Bonchev–Trinajstić information content (AvgIpc) is 2.33. The van der Waals surface area contributed by atoms with Crippen molar-refractivity contribution in [2.24, 2.45) is 4.99 Å². The van der Waals surface area contributed by atoms with E-state index < -0.39 is 0 Å². The van der Waals surface area contributed by atoms with Crippen molar-refractivity contribution in [3.05, 3.63) is 18.2 Å². The smallest absolute Gasteiger partial charge is 0.146 e. The molecule has 0 aliphatic heterocycles. The van der Waals surface area contributed by atoms with E-state index in [1.807, 2.05) is 11.5 Å². The number of thiocyanates is 1. The number of ether oxygens (including phenoxy) is 1. The minimum Gasteiger partial charge on any atom is -0.491 e. The molecular formula is C12H12N2OS2. The van der Waals surface area contributed by atoms with Crippen LogP contribution in [0.15, 0.2) is 28.1 Å². The van der Waals surface area contributed by atoms with Gasteiger partial charge in [-0.3, -0.25) is 0 Å². The van der Waals surface area contributed by atoms with Gasteiger partial charge in [-0.15, -0.1) is 0 Å². The Kier molecular flexibility index (Phi) is 6.34. The molecule has 0 fully saturated rings. The van der Waals surface area contributed by atoms with Crippen molar-refractivity contribution in [3.8, 4) is 11.2 Å². The van der Waals surface area contributed by atoms with Crippen LogP contribution in [0.2, 0.25) is 0 Å². The van der Waals surface area contributed by atoms with Crippen molar-refractivity contribution in [1.82, 2.24) is 0 Å². The Morgan fingerprint density at radius 3 is 3.00 bits per heavy atom. The number of benzene rings is 1. The van der Waals surface area contributed by atoms with E-state index in [4.69, 9.17) is 10.00 Å². The summed E-state index contributed by atoms with van der Waals surface area (Å²) in [6.45, 7) is 2.73. The molecule has 0 aromatic heterocycles. The van der Waals surface area contributed by atoms with Crippen LogP contribution in [0, 0.1) is 10.7 Å². The number of hydrogen-bond acceptors (Lipinski definition) is 5. The second-order valence-electron chi connectivity index (χ2n) is 3.23. The highest BCUT2D eigenvalue weighted by Crippen LogP contribution is 2.32. The van der Waals surface area contributed by atoms with Gasteiger partial charge < -0.3 is 4.74 Å². The number of nitrogens with zero attached hydrogens (tertiary/aromatic N) is 2. The van der Waals surface area contributed by atoms with Gasteiger partial charge in [0.25, 0.3) is 0 Å². The Morgan fingerprint density at radius 2 is 2.35 bits per heavy atom. The van der Waals surface area contributed by atoms with Crippen LogP contribution in [0.1, 0.15) is 19.8 Å². The predicted octanol–water partition coefficient (Wildman–Crippen LogP) is 4.17. The van der Waals surface area contributed by atoms with Gasteiger partial charge in [0, 0.05) is 4.90 Å². The first-order valence-corrected chi connectivity index (χ1v) is 6.45. The summed E-state index contributed by atoms with van der Waals surface area (Å²) in [5.74, 6) is 0.649. The van der Waals surface area contributed by atoms with E-state index in [2.05, 4.69) is 29.3 Å². The second kappa shape index (κ2) is 7.86. The molecule has 0 heterocycles. The summed E-state index contributed by atoms with van der Waals surface area (Å²) in [5.41, 5.74) is 0.651. The van der Waals surface area contributed by atoms with Crippen molar-refractivity contribution in [2.45, 2.75) is 24.7 Å². The van der Waals surface area contributed by atoms with Crippen LogP contribution in [-0.4, -0.2) is 11.8 Å². The van der Waals surface area contributed by atoms with E-state index in [1.54, 1.807) is 12.1 Å². The molecule has 0 aliphatic rings. The molecule has 5 heteroatoms. The lowest BCUT2D eigenvalue weighted by Crippen LogP contribution is -1.96. The Morgan fingerprint density at radius 1 is 1.53 bits per heavy atom. The quantitative estimate of drug-likeness (QED) is 0.254. The van der Waals surface area contributed by atoms with E-state index in [-0.39, 0.29) is 0 Å². The summed E-state index contributed by atoms with van der Waals surface area (Å²) < 4.78 is 5.61. The summed E-state index contributed by atoms with van der Waals surface area (Å²) in [6, 6.07) is 5.39. The summed E-state index contributed by atoms with van der Waals surface area (Å²) >= 11 is 5.68. The zero-order valence-corrected chi connectivity index (χ0v) is 11.1. The summed E-state index contributed by atoms with van der Waals surface area (Å²) in [5, 5.41) is 13.0. The standard InChI is InChI=1S/C12H12N2OS2/c1-2-3-6-15-12-7-10(17-8-13)4-5-11(12)14-9-16/h4-5,7H,2-3,6H2,1H3. The molecule has 0 bridgehead atoms. The van der Waals surface area contributed by atoms with E-state index in [1.165, 1.54) is 0 Å². The first kappa shape index (κ1) is 13.7. The lowest BCUT2D eigenvalue weighted by molar-refractivity contribution is 0.310. The van der Waals surface area contributed by atoms with Crippen molar-refractivity contribution < 1.29 is 4.74 Å². The van der Waals surface area contributed by atoms with Crippen LogP contribution in [-0.2, 0) is 0 Å². The Labute approximate surface area is 111 Å². The van der Waals surface area contributed by atoms with Crippen LogP contribution >= 0.6 is 24.0 Å². The van der Waals surface area contributed by atoms with Gasteiger partial charge >= 0.3 is 0 Å². The van der Waals surface area contributed by atoms with Crippen LogP contribution in [0.4, 0.5) is 5.69 Å². The predicted molar refractivity (Wildman–Crippen MR) is 73.0 cm³/mol. The highest BCUT2D eigenvalue weighted by atomic mass is 32.2. The van der Waals surface area contributed by atoms with Gasteiger partial charge in [0.05, 0.1) is 11.8 Å². The molecular weight excluding hydrogens is 252 g/mol. The maximum absolute atomic E-state index is 8.62. The molecule has 0 saturated carbocycles. The average molecular weight is 264 g/mol. The van der Waals surface area contributed by atoms with E-state index in [0.717, 1.165) is 29.5 Å². The van der Waals surface area contributed by atoms with Crippen LogP contribution in [0.3, 0.4) is 0 Å². The second-order valence-corrected chi connectivity index (χ2v) is 4.27. The molecule has 0 radical (unpaired) electrons. The minimum absolute atomic E-state index is 0.636. The molecule has 0 spiro atoms. The Hall–Kier alpha value is -1.34. The molecule has 0 N–H and O–H groups in total. The first-order chi connectivity index (χ1) is 8.31. The maximum Gasteiger partial charge on any atom is 0.146 e. The number of thioether (sulfide) groups is 1. The van der Waals surface area contributed by atoms with Gasteiger partial charge in [-0.2, -0.15) is 10.3 Å². The van der Waals surface area contributed by atoms with Gasteiger partial charge in [-0.05, 0) is 48.6 Å². The number of nitriles is 1. The molecule has 0 unspecified atom stereocenters. The molecule has 0 amide bonds. The Balaban J connectivity index is 2.90. The van der Waals surface area contributed by atoms with Crippen LogP contribution in [0.25, 0.3) is 0 Å². The third-order valence-electron chi connectivity index (χ3n) is 2.02. The highest BCUT2D eigenvalue weighted by molar-refractivity contribution is 8.03. The topological polar surface area (TPSA) is 45.4 Å². The number of thiocarbonyl (C=S) groups is 1. The molecule has 3 nitrogen and oxygen atoms in total. The number of aliphatic imine (C=N–C) groups is 1. The molecule has 88 valence electrons. The lowest BCUT2D eigenvalue weighted by Gasteiger charge is -2.08. The maximum atomic E-state index is 8.62. The van der Waals surface area contributed by atoms with Gasteiger partial charge in [-0.1, -0.05) is 13.3 Å². The highest BCUT2D eigenvalue weighted by Gasteiger charge is 2.04. The molecule has 0 aliphatic carbocycles. The van der Waals surface area contributed by atoms with Crippen molar-refractivity contribution in [1.29, 1.82) is 5.26 Å². The third kappa shape index (κ3) is 4.58. The first-order valence-electron chi connectivity index (χ1n) is 5.22. The Bertz CT molecular complexity index is 462. The summed E-state index contributed by atoms with van der Waals surface area (Å²) in [7, 11) is 0. The number of rotatable bonds is 6. The SMILES string of the molecule is CCCCOc1cc(SC#N)ccc1N=C=S. The normalized spacial score (nSPS) is 9.18. The van der Waals surface area contributed by atoms with E-state index >= 15 is 0 Å². The monoisotopic (exact) mass is 264 g/mol. The third-order valence-corrected chi connectivity index (χ3v) is 2.69. The van der Waals surface area contributed by atoms with Crippen LogP contribution < -0.4 is 4.74 Å². The number of hydrogen-bond donors (Lipinski definition) is 0. The zero-order chi connectivity index (χ0) is 12.5. The van der Waals surface area contributed by atoms with Crippen molar-refractivity contribution >= 4 is 34.8 Å². The van der Waals surface area contributed by atoms with Gasteiger partial charge in [-0.25, -0.2) is 0 Å². The van der Waals surface area contributed by atoms with Gasteiger partial charge in [0.2, 0.25) is 0 Å². The molecule has 0 saturated heterocycles. The van der Waals surface area contributed by atoms with Gasteiger partial charge in [0.1, 0.15) is 16.8 Å². The number of isothiocyanates is 1. The molecule has 1 aromatic rings. The zero-order valence-electron chi connectivity index (χ0n) is 9.47. The molecule has 17 heavy (non-hydrogen) atoms. The fraction of sp³-hybridized carbons (Fsp3) is 0.333. The molecule has 1 rings (SSSR count). The van der Waals surface area contributed by atoms with Crippen LogP contribution in [0.5, 0.6) is 5.75 Å². The summed E-state index contributed by atoms with van der Waals surface area (Å²) in [4.78, 5) is 4.77. The van der Waals surface area contributed by atoms with E-state index in [9.17, 15) is 0 Å².